The summed E-state index contributed by atoms with van der Waals surface area (Å²) in [5, 5.41) is 3.36. The maximum absolute atomic E-state index is 12.6. The van der Waals surface area contributed by atoms with Gasteiger partial charge in [-0.2, -0.15) is 0 Å². The van der Waals surface area contributed by atoms with Crippen molar-refractivity contribution in [1.82, 2.24) is 9.80 Å². The number of para-hydroxylation sites is 1. The van der Waals surface area contributed by atoms with Crippen molar-refractivity contribution in [3.63, 3.8) is 0 Å². The zero-order valence-electron chi connectivity index (χ0n) is 12.1. The van der Waals surface area contributed by atoms with Crippen LogP contribution < -0.4 is 5.32 Å². The first-order chi connectivity index (χ1) is 9.78. The number of carbonyl (C=O) groups is 1. The van der Waals surface area contributed by atoms with Crippen molar-refractivity contribution >= 4 is 11.6 Å². The lowest BCUT2D eigenvalue weighted by molar-refractivity contribution is -0.133. The van der Waals surface area contributed by atoms with Crippen LogP contribution in [0.5, 0.6) is 0 Å². The Balaban J connectivity index is 1.56. The highest BCUT2D eigenvalue weighted by atomic mass is 16.2. The molecule has 1 N–H and O–H groups in total. The van der Waals surface area contributed by atoms with Crippen molar-refractivity contribution in [3.05, 3.63) is 29.8 Å². The van der Waals surface area contributed by atoms with E-state index in [1.807, 2.05) is 17.0 Å². The normalized spacial score (nSPS) is 22.4. The Morgan fingerprint density at radius 3 is 2.70 bits per heavy atom. The third-order valence-electron chi connectivity index (χ3n) is 4.29. The fourth-order valence-electron chi connectivity index (χ4n) is 3.18. The second kappa shape index (κ2) is 5.83. The number of hydrogen-bond donors (Lipinski definition) is 1. The zero-order chi connectivity index (χ0) is 13.9. The standard InChI is InChI=1S/C16H23N3O/c1-2-7-18-8-10-19(11-9-18)16(20)15-12-13-5-3-4-6-14(13)17-15/h3-6,15,17H,2,7-12H2,1H3. The first kappa shape index (κ1) is 13.4. The number of piperazine rings is 1. The van der Waals surface area contributed by atoms with Crippen LogP contribution in [0.4, 0.5) is 5.69 Å². The Hall–Kier alpha value is -1.55. The van der Waals surface area contributed by atoms with Crippen LogP contribution in [-0.2, 0) is 11.2 Å². The van der Waals surface area contributed by atoms with Crippen molar-refractivity contribution in [1.29, 1.82) is 0 Å². The predicted molar refractivity (Wildman–Crippen MR) is 80.9 cm³/mol. The minimum absolute atomic E-state index is 0.0647. The lowest BCUT2D eigenvalue weighted by Crippen LogP contribution is -2.52. The van der Waals surface area contributed by atoms with Crippen molar-refractivity contribution in [2.24, 2.45) is 0 Å². The molecule has 108 valence electrons. The van der Waals surface area contributed by atoms with Crippen LogP contribution in [-0.4, -0.2) is 54.5 Å². The van der Waals surface area contributed by atoms with E-state index in [1.165, 1.54) is 12.0 Å². The summed E-state index contributed by atoms with van der Waals surface area (Å²) in [6.07, 6.45) is 2.01. The highest BCUT2D eigenvalue weighted by molar-refractivity contribution is 5.87. The summed E-state index contributed by atoms with van der Waals surface area (Å²) in [6.45, 7) is 7.12. The third-order valence-corrected chi connectivity index (χ3v) is 4.29. The van der Waals surface area contributed by atoms with Gasteiger partial charge in [0.15, 0.2) is 0 Å². The zero-order valence-corrected chi connectivity index (χ0v) is 12.1. The molecule has 3 rings (SSSR count). The van der Waals surface area contributed by atoms with E-state index in [0.29, 0.717) is 0 Å². The number of anilines is 1. The number of carbonyl (C=O) groups excluding carboxylic acids is 1. The highest BCUT2D eigenvalue weighted by Gasteiger charge is 2.31. The summed E-state index contributed by atoms with van der Waals surface area (Å²) >= 11 is 0. The molecule has 1 aromatic rings. The molecular weight excluding hydrogens is 250 g/mol. The van der Waals surface area contributed by atoms with E-state index < -0.39 is 0 Å². The minimum atomic E-state index is -0.0647. The molecule has 0 aromatic heterocycles. The SMILES string of the molecule is CCCN1CCN(C(=O)C2Cc3ccccc3N2)CC1. The smallest absolute Gasteiger partial charge is 0.245 e. The number of rotatable bonds is 3. The molecule has 1 amide bonds. The maximum atomic E-state index is 12.6. The van der Waals surface area contributed by atoms with Crippen LogP contribution in [0.2, 0.25) is 0 Å². The Morgan fingerprint density at radius 2 is 2.00 bits per heavy atom. The van der Waals surface area contributed by atoms with Crippen LogP contribution >= 0.6 is 0 Å². The van der Waals surface area contributed by atoms with Crippen molar-refractivity contribution < 1.29 is 4.79 Å². The molecule has 1 atom stereocenters. The molecule has 2 aliphatic heterocycles. The number of fused-ring (bicyclic) bond motifs is 1. The van der Waals surface area contributed by atoms with Crippen LogP contribution in [0.15, 0.2) is 24.3 Å². The van der Waals surface area contributed by atoms with Gasteiger partial charge < -0.3 is 10.2 Å². The first-order valence-corrected chi connectivity index (χ1v) is 7.63. The topological polar surface area (TPSA) is 35.6 Å². The molecule has 2 aliphatic rings. The highest BCUT2D eigenvalue weighted by Crippen LogP contribution is 2.26. The number of amides is 1. The van der Waals surface area contributed by atoms with E-state index in [-0.39, 0.29) is 11.9 Å². The summed E-state index contributed by atoms with van der Waals surface area (Å²) < 4.78 is 0. The van der Waals surface area contributed by atoms with E-state index in [0.717, 1.165) is 44.8 Å². The molecule has 1 aromatic carbocycles. The monoisotopic (exact) mass is 273 g/mol. The molecule has 0 spiro atoms. The van der Waals surface area contributed by atoms with Crippen molar-refractivity contribution in [3.8, 4) is 0 Å². The largest absolute Gasteiger partial charge is 0.373 e. The van der Waals surface area contributed by atoms with Gasteiger partial charge in [0.2, 0.25) is 5.91 Å². The average molecular weight is 273 g/mol. The van der Waals surface area contributed by atoms with Gasteiger partial charge in [0.25, 0.3) is 0 Å². The Morgan fingerprint density at radius 1 is 1.25 bits per heavy atom. The second-order valence-corrected chi connectivity index (χ2v) is 5.73. The maximum Gasteiger partial charge on any atom is 0.245 e. The quantitative estimate of drug-likeness (QED) is 0.908. The summed E-state index contributed by atoms with van der Waals surface area (Å²) in [5.41, 5.74) is 2.38. The lowest BCUT2D eigenvalue weighted by atomic mass is 10.1. The fourth-order valence-corrected chi connectivity index (χ4v) is 3.18. The van der Waals surface area contributed by atoms with Gasteiger partial charge in [-0.15, -0.1) is 0 Å². The average Bonchev–Trinajstić information content (AvgIpc) is 2.91. The second-order valence-electron chi connectivity index (χ2n) is 5.73. The lowest BCUT2D eigenvalue weighted by Gasteiger charge is -2.35. The van der Waals surface area contributed by atoms with Crippen LogP contribution in [0.3, 0.4) is 0 Å². The van der Waals surface area contributed by atoms with Gasteiger partial charge >= 0.3 is 0 Å². The minimum Gasteiger partial charge on any atom is -0.373 e. The molecule has 0 saturated carbocycles. The van der Waals surface area contributed by atoms with E-state index in [2.05, 4.69) is 29.3 Å². The molecule has 1 unspecified atom stereocenters. The van der Waals surface area contributed by atoms with Gasteiger partial charge in [0.1, 0.15) is 6.04 Å². The summed E-state index contributed by atoms with van der Waals surface area (Å²) in [4.78, 5) is 17.0. The van der Waals surface area contributed by atoms with E-state index >= 15 is 0 Å². The summed E-state index contributed by atoms with van der Waals surface area (Å²) in [7, 11) is 0. The van der Waals surface area contributed by atoms with Crippen LogP contribution in [0.25, 0.3) is 0 Å². The van der Waals surface area contributed by atoms with Gasteiger partial charge in [0, 0.05) is 38.3 Å². The number of nitrogens with one attached hydrogen (secondary N) is 1. The predicted octanol–water partition coefficient (Wildman–Crippen LogP) is 1.58. The number of nitrogens with zero attached hydrogens (tertiary/aromatic N) is 2. The number of benzene rings is 1. The first-order valence-electron chi connectivity index (χ1n) is 7.63. The molecule has 0 radical (unpaired) electrons. The molecule has 4 nitrogen and oxygen atoms in total. The Bertz CT molecular complexity index is 455. The van der Waals surface area contributed by atoms with E-state index in [9.17, 15) is 4.79 Å². The van der Waals surface area contributed by atoms with Gasteiger partial charge in [-0.05, 0) is 24.6 Å². The third kappa shape index (κ3) is 2.66. The van der Waals surface area contributed by atoms with Crippen molar-refractivity contribution in [2.45, 2.75) is 25.8 Å². The van der Waals surface area contributed by atoms with Crippen molar-refractivity contribution in [2.75, 3.05) is 38.0 Å². The Labute approximate surface area is 120 Å². The van der Waals surface area contributed by atoms with E-state index in [4.69, 9.17) is 0 Å². The Kier molecular flexibility index (Phi) is 3.92. The summed E-state index contributed by atoms with van der Waals surface area (Å²) in [6, 6.07) is 8.15. The molecule has 1 saturated heterocycles. The molecular formula is C16H23N3O. The van der Waals surface area contributed by atoms with Crippen LogP contribution in [0.1, 0.15) is 18.9 Å². The molecule has 20 heavy (non-hydrogen) atoms. The number of hydrogen-bond acceptors (Lipinski definition) is 3. The summed E-state index contributed by atoms with van der Waals surface area (Å²) in [5.74, 6) is 0.261. The van der Waals surface area contributed by atoms with Crippen LogP contribution in [0, 0.1) is 0 Å². The van der Waals surface area contributed by atoms with E-state index in [1.54, 1.807) is 0 Å². The molecule has 0 bridgehead atoms. The molecule has 1 fully saturated rings. The fraction of sp³-hybridized carbons (Fsp3) is 0.562. The molecule has 4 heteroatoms. The van der Waals surface area contributed by atoms with Gasteiger partial charge in [-0.3, -0.25) is 9.69 Å². The molecule has 2 heterocycles. The van der Waals surface area contributed by atoms with Gasteiger partial charge in [0.05, 0.1) is 0 Å². The molecule has 0 aliphatic carbocycles. The van der Waals surface area contributed by atoms with Gasteiger partial charge in [-0.1, -0.05) is 25.1 Å². The van der Waals surface area contributed by atoms with Gasteiger partial charge in [-0.25, -0.2) is 0 Å².